The van der Waals surface area contributed by atoms with Crippen molar-refractivity contribution in [3.05, 3.63) is 18.0 Å². The van der Waals surface area contributed by atoms with Crippen molar-refractivity contribution < 1.29 is 14.3 Å². The molecule has 1 N–H and O–H groups in total. The molecule has 3 rings (SSSR count). The lowest BCUT2D eigenvalue weighted by Gasteiger charge is -2.32. The maximum Gasteiger partial charge on any atom is 0.249 e. The molecule has 23 heavy (non-hydrogen) atoms. The second-order valence-corrected chi connectivity index (χ2v) is 6.60. The molecule has 3 atom stereocenters. The Hall–Kier alpha value is -1.40. The van der Waals surface area contributed by atoms with Crippen molar-refractivity contribution in [3.63, 3.8) is 0 Å². The summed E-state index contributed by atoms with van der Waals surface area (Å²) in [6.07, 6.45) is 7.65. The fourth-order valence-corrected chi connectivity index (χ4v) is 2.90. The molecule has 2 heterocycles. The van der Waals surface area contributed by atoms with Crippen LogP contribution in [-0.2, 0) is 20.8 Å². The SMILES string of the molecule is CCn1cc([C@H]2OCCC[C@@H]2NC(=O)[C@H](C)OCC2CC2)cn1. The Balaban J connectivity index is 1.57. The van der Waals surface area contributed by atoms with Crippen LogP contribution in [0, 0.1) is 5.92 Å². The molecule has 1 amide bonds. The summed E-state index contributed by atoms with van der Waals surface area (Å²) in [5, 5.41) is 7.43. The molecule has 1 saturated heterocycles. The summed E-state index contributed by atoms with van der Waals surface area (Å²) in [5.74, 6) is 0.616. The fraction of sp³-hybridized carbons (Fsp3) is 0.765. The topological polar surface area (TPSA) is 65.4 Å². The molecule has 128 valence electrons. The number of ether oxygens (including phenoxy) is 2. The number of carbonyl (C=O) groups excluding carboxylic acids is 1. The number of nitrogens with zero attached hydrogens (tertiary/aromatic N) is 2. The summed E-state index contributed by atoms with van der Waals surface area (Å²) < 4.78 is 13.5. The minimum Gasteiger partial charge on any atom is -0.371 e. The van der Waals surface area contributed by atoms with Crippen LogP contribution in [0.2, 0.25) is 0 Å². The van der Waals surface area contributed by atoms with Gasteiger partial charge in [-0.2, -0.15) is 5.10 Å². The van der Waals surface area contributed by atoms with E-state index in [1.165, 1.54) is 12.8 Å². The van der Waals surface area contributed by atoms with E-state index in [2.05, 4.69) is 17.3 Å². The van der Waals surface area contributed by atoms with Crippen LogP contribution in [0.15, 0.2) is 12.4 Å². The Labute approximate surface area is 137 Å². The van der Waals surface area contributed by atoms with Crippen molar-refractivity contribution >= 4 is 5.91 Å². The maximum atomic E-state index is 12.4. The van der Waals surface area contributed by atoms with Crippen molar-refractivity contribution in [2.24, 2.45) is 5.92 Å². The Morgan fingerprint density at radius 1 is 1.52 bits per heavy atom. The number of hydrogen-bond acceptors (Lipinski definition) is 4. The molecule has 0 unspecified atom stereocenters. The van der Waals surface area contributed by atoms with Gasteiger partial charge in [0.15, 0.2) is 0 Å². The number of rotatable bonds is 7. The fourth-order valence-electron chi connectivity index (χ4n) is 2.90. The van der Waals surface area contributed by atoms with E-state index in [9.17, 15) is 4.79 Å². The van der Waals surface area contributed by atoms with Gasteiger partial charge in [-0.15, -0.1) is 0 Å². The number of amides is 1. The lowest BCUT2D eigenvalue weighted by atomic mass is 9.98. The zero-order chi connectivity index (χ0) is 16.2. The highest BCUT2D eigenvalue weighted by Gasteiger charge is 2.31. The molecule has 0 spiro atoms. The van der Waals surface area contributed by atoms with Gasteiger partial charge in [-0.1, -0.05) is 0 Å². The van der Waals surface area contributed by atoms with E-state index in [1.807, 2.05) is 24.0 Å². The van der Waals surface area contributed by atoms with Crippen LogP contribution in [0.25, 0.3) is 0 Å². The molecule has 0 aromatic carbocycles. The van der Waals surface area contributed by atoms with E-state index in [1.54, 1.807) is 0 Å². The first kappa shape index (κ1) is 16.5. The summed E-state index contributed by atoms with van der Waals surface area (Å²) >= 11 is 0. The molecule has 2 aliphatic rings. The van der Waals surface area contributed by atoms with E-state index in [4.69, 9.17) is 9.47 Å². The van der Waals surface area contributed by atoms with Crippen LogP contribution in [-0.4, -0.2) is 41.0 Å². The molecule has 1 aromatic rings. The number of aromatic nitrogens is 2. The van der Waals surface area contributed by atoms with Gasteiger partial charge in [0, 0.05) is 24.9 Å². The summed E-state index contributed by atoms with van der Waals surface area (Å²) in [6.45, 7) is 6.13. The van der Waals surface area contributed by atoms with Gasteiger partial charge in [-0.25, -0.2) is 0 Å². The minimum atomic E-state index is -0.406. The number of aryl methyl sites for hydroxylation is 1. The van der Waals surface area contributed by atoms with Gasteiger partial charge in [0.25, 0.3) is 0 Å². The smallest absolute Gasteiger partial charge is 0.249 e. The van der Waals surface area contributed by atoms with Gasteiger partial charge in [0.05, 0.1) is 18.8 Å². The summed E-state index contributed by atoms with van der Waals surface area (Å²) in [4.78, 5) is 12.4. The largest absolute Gasteiger partial charge is 0.371 e. The van der Waals surface area contributed by atoms with Crippen molar-refractivity contribution in [3.8, 4) is 0 Å². The molecule has 0 radical (unpaired) electrons. The van der Waals surface area contributed by atoms with Gasteiger partial charge in [0.2, 0.25) is 5.91 Å². The second-order valence-electron chi connectivity index (χ2n) is 6.60. The van der Waals surface area contributed by atoms with Crippen molar-refractivity contribution in [1.82, 2.24) is 15.1 Å². The standard InChI is InChI=1S/C17H27N3O3/c1-3-20-10-14(9-18-20)16-15(5-4-8-22-16)19-17(21)12(2)23-11-13-6-7-13/h9-10,12-13,15-16H,3-8,11H2,1-2H3,(H,19,21)/t12-,15-,16+/m0/s1. The maximum absolute atomic E-state index is 12.4. The van der Waals surface area contributed by atoms with E-state index < -0.39 is 6.10 Å². The molecule has 1 aliphatic carbocycles. The molecule has 6 nitrogen and oxygen atoms in total. The summed E-state index contributed by atoms with van der Waals surface area (Å²) in [6, 6.07) is -0.0160. The van der Waals surface area contributed by atoms with E-state index in [-0.39, 0.29) is 18.1 Å². The zero-order valence-electron chi connectivity index (χ0n) is 14.0. The van der Waals surface area contributed by atoms with E-state index in [0.29, 0.717) is 12.5 Å². The first-order chi connectivity index (χ1) is 11.2. The average Bonchev–Trinajstić information content (AvgIpc) is 3.28. The normalized spacial score (nSPS) is 26.0. The third kappa shape index (κ3) is 4.32. The third-order valence-corrected chi connectivity index (χ3v) is 4.60. The lowest BCUT2D eigenvalue weighted by Crippen LogP contribution is -2.46. The van der Waals surface area contributed by atoms with E-state index in [0.717, 1.165) is 31.6 Å². The molecule has 1 aliphatic heterocycles. The summed E-state index contributed by atoms with van der Waals surface area (Å²) in [7, 11) is 0. The van der Waals surface area contributed by atoms with Crippen LogP contribution in [0.3, 0.4) is 0 Å². The first-order valence-electron chi connectivity index (χ1n) is 8.73. The third-order valence-electron chi connectivity index (χ3n) is 4.60. The highest BCUT2D eigenvalue weighted by atomic mass is 16.5. The van der Waals surface area contributed by atoms with E-state index >= 15 is 0 Å². The van der Waals surface area contributed by atoms with Crippen LogP contribution in [0.4, 0.5) is 0 Å². The van der Waals surface area contributed by atoms with Crippen LogP contribution in [0.1, 0.15) is 51.2 Å². The molecular weight excluding hydrogens is 294 g/mol. The Bertz CT molecular complexity index is 527. The van der Waals surface area contributed by atoms with Gasteiger partial charge < -0.3 is 14.8 Å². The Morgan fingerprint density at radius 3 is 3.04 bits per heavy atom. The highest BCUT2D eigenvalue weighted by molar-refractivity contribution is 5.80. The Morgan fingerprint density at radius 2 is 2.35 bits per heavy atom. The molecule has 1 aromatic heterocycles. The quantitative estimate of drug-likeness (QED) is 0.835. The second kappa shape index (κ2) is 7.45. The number of hydrogen-bond donors (Lipinski definition) is 1. The predicted molar refractivity (Wildman–Crippen MR) is 85.9 cm³/mol. The minimum absolute atomic E-state index is 0.0160. The number of carbonyl (C=O) groups is 1. The summed E-state index contributed by atoms with van der Waals surface area (Å²) in [5.41, 5.74) is 1.03. The Kier molecular flexibility index (Phi) is 5.33. The van der Waals surface area contributed by atoms with Gasteiger partial charge >= 0.3 is 0 Å². The monoisotopic (exact) mass is 321 g/mol. The molecule has 6 heteroatoms. The molecule has 1 saturated carbocycles. The molecule has 0 bridgehead atoms. The van der Waals surface area contributed by atoms with Gasteiger partial charge in [0.1, 0.15) is 12.2 Å². The van der Waals surface area contributed by atoms with Crippen LogP contribution >= 0.6 is 0 Å². The van der Waals surface area contributed by atoms with Crippen molar-refractivity contribution in [2.75, 3.05) is 13.2 Å². The van der Waals surface area contributed by atoms with Crippen molar-refractivity contribution in [1.29, 1.82) is 0 Å². The highest BCUT2D eigenvalue weighted by Crippen LogP contribution is 2.30. The molecular formula is C17H27N3O3. The van der Waals surface area contributed by atoms with Crippen LogP contribution in [0.5, 0.6) is 0 Å². The lowest BCUT2D eigenvalue weighted by molar-refractivity contribution is -0.135. The van der Waals surface area contributed by atoms with Gasteiger partial charge in [-0.3, -0.25) is 9.48 Å². The first-order valence-corrected chi connectivity index (χ1v) is 8.73. The molecule has 2 fully saturated rings. The van der Waals surface area contributed by atoms with Crippen LogP contribution < -0.4 is 5.32 Å². The van der Waals surface area contributed by atoms with Gasteiger partial charge in [-0.05, 0) is 45.4 Å². The predicted octanol–water partition coefficient (Wildman–Crippen LogP) is 2.05. The van der Waals surface area contributed by atoms with Crippen molar-refractivity contribution in [2.45, 2.75) is 64.3 Å². The zero-order valence-corrected chi connectivity index (χ0v) is 14.0. The number of nitrogens with one attached hydrogen (secondary N) is 1. The average molecular weight is 321 g/mol.